The highest BCUT2D eigenvalue weighted by Gasteiger charge is 2.28. The molecule has 1 heterocycles. The van der Waals surface area contributed by atoms with Crippen LogP contribution >= 0.6 is 0 Å². The monoisotopic (exact) mass is 290 g/mol. The molecule has 110 valence electrons. The number of benzene rings is 2. The summed E-state index contributed by atoms with van der Waals surface area (Å²) in [6, 6.07) is 11.8. The maximum Gasteiger partial charge on any atom is 0.263 e. The van der Waals surface area contributed by atoms with Crippen LogP contribution in [0, 0.1) is 6.92 Å². The van der Waals surface area contributed by atoms with Gasteiger partial charge < -0.3 is 9.84 Å². The minimum atomic E-state index is -2.47. The van der Waals surface area contributed by atoms with Gasteiger partial charge in [0.15, 0.2) is 0 Å². The first-order valence-electron chi connectivity index (χ1n) is 6.88. The van der Waals surface area contributed by atoms with Crippen LogP contribution in [0.4, 0.5) is 8.78 Å². The minimum absolute atomic E-state index is 0.00821. The van der Waals surface area contributed by atoms with Crippen LogP contribution < -0.4 is 4.74 Å². The quantitative estimate of drug-likeness (QED) is 0.883. The van der Waals surface area contributed by atoms with Crippen LogP contribution in [-0.2, 0) is 0 Å². The smallest absolute Gasteiger partial charge is 0.263 e. The van der Waals surface area contributed by atoms with Crippen molar-refractivity contribution >= 4 is 0 Å². The second-order valence-corrected chi connectivity index (χ2v) is 5.37. The molecule has 0 saturated heterocycles. The van der Waals surface area contributed by atoms with E-state index in [-0.39, 0.29) is 11.7 Å². The van der Waals surface area contributed by atoms with E-state index in [0.29, 0.717) is 12.2 Å². The highest BCUT2D eigenvalue weighted by atomic mass is 19.3. The van der Waals surface area contributed by atoms with E-state index in [1.54, 1.807) is 12.1 Å². The second-order valence-electron chi connectivity index (χ2n) is 5.37. The van der Waals surface area contributed by atoms with Crippen molar-refractivity contribution in [3.05, 3.63) is 64.7 Å². The van der Waals surface area contributed by atoms with Gasteiger partial charge in [0.1, 0.15) is 11.9 Å². The molecule has 0 aliphatic carbocycles. The van der Waals surface area contributed by atoms with Gasteiger partial charge in [0, 0.05) is 17.5 Å². The van der Waals surface area contributed by atoms with Gasteiger partial charge in [-0.15, -0.1) is 0 Å². The van der Waals surface area contributed by atoms with Crippen LogP contribution in [0.1, 0.15) is 47.3 Å². The highest BCUT2D eigenvalue weighted by molar-refractivity contribution is 5.41. The zero-order valence-corrected chi connectivity index (χ0v) is 11.6. The third kappa shape index (κ3) is 2.76. The van der Waals surface area contributed by atoms with E-state index in [9.17, 15) is 13.9 Å². The van der Waals surface area contributed by atoms with Crippen molar-refractivity contribution in [2.24, 2.45) is 0 Å². The van der Waals surface area contributed by atoms with Crippen molar-refractivity contribution in [2.75, 3.05) is 0 Å². The van der Waals surface area contributed by atoms with Crippen molar-refractivity contribution in [1.29, 1.82) is 0 Å². The Morgan fingerprint density at radius 2 is 1.86 bits per heavy atom. The van der Waals surface area contributed by atoms with Crippen molar-refractivity contribution in [3.63, 3.8) is 0 Å². The number of aliphatic hydroxyl groups excluding tert-OH is 1. The number of hydrogen-bond acceptors (Lipinski definition) is 2. The van der Waals surface area contributed by atoms with E-state index in [1.807, 2.05) is 25.1 Å². The predicted molar refractivity (Wildman–Crippen MR) is 75.5 cm³/mol. The lowest BCUT2D eigenvalue weighted by atomic mass is 9.93. The van der Waals surface area contributed by atoms with Crippen LogP contribution in [0.3, 0.4) is 0 Å². The van der Waals surface area contributed by atoms with E-state index in [1.165, 1.54) is 12.1 Å². The SMILES string of the molecule is Cc1ccc2c(c1)[C@@H](O)CC(c1ccc(C(F)F)cc1)O2. The van der Waals surface area contributed by atoms with Crippen molar-refractivity contribution in [3.8, 4) is 5.75 Å². The maximum absolute atomic E-state index is 12.6. The van der Waals surface area contributed by atoms with E-state index >= 15 is 0 Å². The molecule has 0 bridgehead atoms. The molecule has 1 N–H and O–H groups in total. The molecule has 2 aromatic carbocycles. The van der Waals surface area contributed by atoms with Gasteiger partial charge in [-0.05, 0) is 24.6 Å². The van der Waals surface area contributed by atoms with Gasteiger partial charge in [-0.25, -0.2) is 8.78 Å². The standard InChI is InChI=1S/C17H16F2O2/c1-10-2-7-15-13(8-10)14(20)9-16(21-15)11-3-5-12(6-4-11)17(18)19/h2-8,14,16-17,20H,9H2,1H3/t14-,16?/m0/s1. The van der Waals surface area contributed by atoms with E-state index < -0.39 is 12.5 Å². The van der Waals surface area contributed by atoms with Gasteiger partial charge in [-0.3, -0.25) is 0 Å². The van der Waals surface area contributed by atoms with Gasteiger partial charge in [0.25, 0.3) is 6.43 Å². The number of fused-ring (bicyclic) bond motifs is 1. The average molecular weight is 290 g/mol. The lowest BCUT2D eigenvalue weighted by Gasteiger charge is -2.30. The molecular formula is C17H16F2O2. The molecule has 1 aliphatic heterocycles. The Morgan fingerprint density at radius 3 is 2.52 bits per heavy atom. The predicted octanol–water partition coefficient (Wildman–Crippen LogP) is 4.49. The first kappa shape index (κ1) is 14.0. The maximum atomic E-state index is 12.6. The Morgan fingerprint density at radius 1 is 1.14 bits per heavy atom. The van der Waals surface area contributed by atoms with Gasteiger partial charge >= 0.3 is 0 Å². The first-order chi connectivity index (χ1) is 10.0. The normalized spacial score (nSPS) is 21.0. The molecule has 21 heavy (non-hydrogen) atoms. The summed E-state index contributed by atoms with van der Waals surface area (Å²) >= 11 is 0. The van der Waals surface area contributed by atoms with Gasteiger partial charge in [-0.1, -0.05) is 35.9 Å². The lowest BCUT2D eigenvalue weighted by molar-refractivity contribution is 0.0656. The molecular weight excluding hydrogens is 274 g/mol. The van der Waals surface area contributed by atoms with Crippen LogP contribution in [-0.4, -0.2) is 5.11 Å². The third-order valence-corrected chi connectivity index (χ3v) is 3.79. The number of alkyl halides is 2. The molecule has 1 aliphatic rings. The van der Waals surface area contributed by atoms with Gasteiger partial charge in [0.05, 0.1) is 6.10 Å². The van der Waals surface area contributed by atoms with Crippen molar-refractivity contribution in [1.82, 2.24) is 0 Å². The highest BCUT2D eigenvalue weighted by Crippen LogP contribution is 2.41. The molecule has 2 atom stereocenters. The number of aryl methyl sites for hydroxylation is 1. The Labute approximate surface area is 122 Å². The number of rotatable bonds is 2. The topological polar surface area (TPSA) is 29.5 Å². The number of hydrogen-bond donors (Lipinski definition) is 1. The van der Waals surface area contributed by atoms with Crippen LogP contribution in [0.25, 0.3) is 0 Å². The zero-order valence-electron chi connectivity index (χ0n) is 11.6. The molecule has 3 rings (SSSR count). The first-order valence-corrected chi connectivity index (χ1v) is 6.88. The van der Waals surface area contributed by atoms with Gasteiger partial charge in [0.2, 0.25) is 0 Å². The fourth-order valence-corrected chi connectivity index (χ4v) is 2.63. The molecule has 1 unspecified atom stereocenters. The van der Waals surface area contributed by atoms with Crippen LogP contribution in [0.5, 0.6) is 5.75 Å². The van der Waals surface area contributed by atoms with Crippen molar-refractivity contribution < 1.29 is 18.6 Å². The second kappa shape index (κ2) is 5.45. The summed E-state index contributed by atoms with van der Waals surface area (Å²) < 4.78 is 31.0. The average Bonchev–Trinajstić information content (AvgIpc) is 2.48. The van der Waals surface area contributed by atoms with Crippen LogP contribution in [0.15, 0.2) is 42.5 Å². The summed E-state index contributed by atoms with van der Waals surface area (Å²) in [5.74, 6) is 0.655. The molecule has 0 radical (unpaired) electrons. The summed E-state index contributed by atoms with van der Waals surface area (Å²) in [5.41, 5.74) is 2.64. The minimum Gasteiger partial charge on any atom is -0.485 e. The third-order valence-electron chi connectivity index (χ3n) is 3.79. The molecule has 0 aromatic heterocycles. The molecule has 2 aromatic rings. The number of ether oxygens (including phenoxy) is 1. The Bertz CT molecular complexity index is 638. The van der Waals surface area contributed by atoms with E-state index in [2.05, 4.69) is 0 Å². The zero-order chi connectivity index (χ0) is 15.0. The number of aliphatic hydroxyl groups is 1. The largest absolute Gasteiger partial charge is 0.485 e. The summed E-state index contributed by atoms with van der Waals surface area (Å²) in [5, 5.41) is 10.3. The lowest BCUT2D eigenvalue weighted by Crippen LogP contribution is -2.19. The molecule has 0 spiro atoms. The summed E-state index contributed by atoms with van der Waals surface area (Å²) in [4.78, 5) is 0. The van der Waals surface area contributed by atoms with E-state index in [4.69, 9.17) is 4.74 Å². The molecule has 0 fully saturated rings. The fraction of sp³-hybridized carbons (Fsp3) is 0.294. The number of halogens is 2. The molecule has 2 nitrogen and oxygen atoms in total. The Balaban J connectivity index is 1.86. The Kier molecular flexibility index (Phi) is 3.64. The van der Waals surface area contributed by atoms with Crippen LogP contribution in [0.2, 0.25) is 0 Å². The molecule has 0 saturated carbocycles. The molecule has 4 heteroatoms. The van der Waals surface area contributed by atoms with E-state index in [0.717, 1.165) is 16.7 Å². The Hall–Kier alpha value is -1.94. The summed E-state index contributed by atoms with van der Waals surface area (Å²) in [6.07, 6.45) is -2.97. The summed E-state index contributed by atoms with van der Waals surface area (Å²) in [6.45, 7) is 1.96. The van der Waals surface area contributed by atoms with Gasteiger partial charge in [-0.2, -0.15) is 0 Å². The fourth-order valence-electron chi connectivity index (χ4n) is 2.63. The summed E-state index contributed by atoms with van der Waals surface area (Å²) in [7, 11) is 0. The molecule has 0 amide bonds. The van der Waals surface area contributed by atoms with Crippen molar-refractivity contribution in [2.45, 2.75) is 32.0 Å².